The van der Waals surface area contributed by atoms with Crippen LogP contribution < -0.4 is 0 Å². The van der Waals surface area contributed by atoms with Gasteiger partial charge in [0.05, 0.1) is 6.54 Å². The third-order valence-electron chi connectivity index (χ3n) is 5.51. The number of hydrogen-bond donors (Lipinski definition) is 0. The van der Waals surface area contributed by atoms with Crippen molar-refractivity contribution in [3.05, 3.63) is 84.2 Å². The van der Waals surface area contributed by atoms with Gasteiger partial charge in [0.2, 0.25) is 0 Å². The van der Waals surface area contributed by atoms with Crippen LogP contribution in [0.4, 0.5) is 0 Å². The lowest BCUT2D eigenvalue weighted by molar-refractivity contribution is 0.0624. The van der Waals surface area contributed by atoms with Crippen molar-refractivity contribution in [3.8, 4) is 11.5 Å². The summed E-state index contributed by atoms with van der Waals surface area (Å²) in [7, 11) is 0. The van der Waals surface area contributed by atoms with Crippen molar-refractivity contribution in [3.63, 3.8) is 0 Å². The summed E-state index contributed by atoms with van der Waals surface area (Å²) in [6, 6.07) is 23.8. The number of hydrogen-bond acceptors (Lipinski definition) is 5. The van der Waals surface area contributed by atoms with Gasteiger partial charge in [0.25, 0.3) is 11.8 Å². The highest BCUT2D eigenvalue weighted by Crippen LogP contribution is 2.23. The molecule has 1 saturated heterocycles. The van der Waals surface area contributed by atoms with Crippen LogP contribution in [0.1, 0.15) is 16.2 Å². The predicted octanol–water partition coefficient (Wildman–Crippen LogP) is 3.85. The Morgan fingerprint density at radius 1 is 0.867 bits per heavy atom. The third kappa shape index (κ3) is 3.82. The van der Waals surface area contributed by atoms with Crippen molar-refractivity contribution in [1.29, 1.82) is 0 Å². The summed E-state index contributed by atoms with van der Waals surface area (Å²) >= 11 is 0. The highest BCUT2D eigenvalue weighted by molar-refractivity contribution is 5.94. The van der Waals surface area contributed by atoms with E-state index in [-0.39, 0.29) is 5.91 Å². The summed E-state index contributed by atoms with van der Waals surface area (Å²) in [6.45, 7) is 3.59. The monoisotopic (exact) mass is 398 g/mol. The molecule has 1 aliphatic heterocycles. The molecule has 3 aromatic carbocycles. The molecule has 0 saturated carbocycles. The fourth-order valence-electron chi connectivity index (χ4n) is 3.83. The highest BCUT2D eigenvalue weighted by Gasteiger charge is 2.23. The van der Waals surface area contributed by atoms with Crippen molar-refractivity contribution in [1.82, 2.24) is 19.9 Å². The van der Waals surface area contributed by atoms with Crippen LogP contribution in [0.25, 0.3) is 22.2 Å². The number of carbonyl (C=O) groups is 1. The van der Waals surface area contributed by atoms with Crippen molar-refractivity contribution in [2.75, 3.05) is 26.2 Å². The molecule has 5 rings (SSSR count). The maximum absolute atomic E-state index is 12.6. The number of nitrogens with zero attached hydrogens (tertiary/aromatic N) is 4. The predicted molar refractivity (Wildman–Crippen MR) is 115 cm³/mol. The molecular weight excluding hydrogens is 376 g/mol. The SMILES string of the molecule is O=C(c1ccccc1)N1CCN(Cc2noc(-c3ccc4ccccc4c3)n2)CC1. The molecule has 0 bridgehead atoms. The number of aromatic nitrogens is 2. The van der Waals surface area contributed by atoms with Crippen molar-refractivity contribution < 1.29 is 9.32 Å². The first kappa shape index (κ1) is 18.5. The van der Waals surface area contributed by atoms with Gasteiger partial charge in [-0.1, -0.05) is 53.7 Å². The first-order valence-electron chi connectivity index (χ1n) is 10.1. The Morgan fingerprint density at radius 2 is 1.60 bits per heavy atom. The lowest BCUT2D eigenvalue weighted by Gasteiger charge is -2.34. The normalized spacial score (nSPS) is 14.9. The van der Waals surface area contributed by atoms with Gasteiger partial charge in [0, 0.05) is 37.3 Å². The second-order valence-electron chi connectivity index (χ2n) is 7.51. The summed E-state index contributed by atoms with van der Waals surface area (Å²) in [5, 5.41) is 6.49. The van der Waals surface area contributed by atoms with E-state index in [0.29, 0.717) is 31.3 Å². The Morgan fingerprint density at radius 3 is 2.40 bits per heavy atom. The van der Waals surface area contributed by atoms with Crippen LogP contribution in [0.5, 0.6) is 0 Å². The minimum absolute atomic E-state index is 0.0911. The minimum Gasteiger partial charge on any atom is -0.336 e. The van der Waals surface area contributed by atoms with Crippen molar-refractivity contribution >= 4 is 16.7 Å². The summed E-state index contributed by atoms with van der Waals surface area (Å²) in [5.41, 5.74) is 1.66. The fraction of sp³-hybridized carbons (Fsp3) is 0.208. The summed E-state index contributed by atoms with van der Waals surface area (Å²) < 4.78 is 5.51. The molecule has 0 aliphatic carbocycles. The molecule has 1 fully saturated rings. The van der Waals surface area contributed by atoms with Gasteiger partial charge in [-0.05, 0) is 35.0 Å². The van der Waals surface area contributed by atoms with E-state index < -0.39 is 0 Å². The number of fused-ring (bicyclic) bond motifs is 1. The number of rotatable bonds is 4. The third-order valence-corrected chi connectivity index (χ3v) is 5.51. The van der Waals surface area contributed by atoms with Gasteiger partial charge >= 0.3 is 0 Å². The van der Waals surface area contributed by atoms with Gasteiger partial charge in [-0.25, -0.2) is 0 Å². The molecule has 0 radical (unpaired) electrons. The molecule has 150 valence electrons. The summed E-state index contributed by atoms with van der Waals surface area (Å²) in [5.74, 6) is 1.29. The zero-order valence-corrected chi connectivity index (χ0v) is 16.6. The molecule has 0 unspecified atom stereocenters. The zero-order valence-electron chi connectivity index (χ0n) is 16.6. The van der Waals surface area contributed by atoms with Crippen LogP contribution in [-0.2, 0) is 6.54 Å². The minimum atomic E-state index is 0.0911. The Hall–Kier alpha value is -3.51. The number of benzene rings is 3. The Balaban J connectivity index is 1.21. The Kier molecular flexibility index (Phi) is 4.99. The van der Waals surface area contributed by atoms with Crippen LogP contribution in [0.15, 0.2) is 77.3 Å². The molecule has 1 aliphatic rings. The highest BCUT2D eigenvalue weighted by atomic mass is 16.5. The average Bonchev–Trinajstić information content (AvgIpc) is 3.28. The molecule has 1 amide bonds. The smallest absolute Gasteiger partial charge is 0.257 e. The van der Waals surface area contributed by atoms with E-state index in [1.54, 1.807) is 0 Å². The van der Waals surface area contributed by atoms with Gasteiger partial charge in [0.1, 0.15) is 0 Å². The van der Waals surface area contributed by atoms with Gasteiger partial charge in [-0.15, -0.1) is 0 Å². The van der Waals surface area contributed by atoms with Crippen LogP contribution in [0, 0.1) is 0 Å². The van der Waals surface area contributed by atoms with Gasteiger partial charge in [0.15, 0.2) is 5.82 Å². The molecule has 4 aromatic rings. The first-order valence-corrected chi connectivity index (χ1v) is 10.1. The topological polar surface area (TPSA) is 62.5 Å². The first-order chi connectivity index (χ1) is 14.8. The molecule has 6 heteroatoms. The Bertz CT molecular complexity index is 1160. The van der Waals surface area contributed by atoms with E-state index >= 15 is 0 Å². The van der Waals surface area contributed by atoms with Gasteiger partial charge in [-0.3, -0.25) is 9.69 Å². The van der Waals surface area contributed by atoms with Crippen LogP contribution >= 0.6 is 0 Å². The molecular formula is C24H22N4O2. The van der Waals surface area contributed by atoms with E-state index in [1.165, 1.54) is 5.39 Å². The fourth-order valence-corrected chi connectivity index (χ4v) is 3.83. The van der Waals surface area contributed by atoms with Crippen LogP contribution in [0.2, 0.25) is 0 Å². The molecule has 0 N–H and O–H groups in total. The van der Waals surface area contributed by atoms with Crippen LogP contribution in [-0.4, -0.2) is 52.0 Å². The standard InChI is InChI=1S/C24H22N4O2/c29-24(19-7-2-1-3-8-19)28-14-12-27(13-15-28)17-22-25-23(30-26-22)21-11-10-18-6-4-5-9-20(18)16-21/h1-11,16H,12-15,17H2. The second-order valence-corrected chi connectivity index (χ2v) is 7.51. The molecule has 6 nitrogen and oxygen atoms in total. The van der Waals surface area contributed by atoms with E-state index in [9.17, 15) is 4.79 Å². The average molecular weight is 398 g/mol. The van der Waals surface area contributed by atoms with E-state index in [2.05, 4.69) is 39.3 Å². The lowest BCUT2D eigenvalue weighted by atomic mass is 10.1. The van der Waals surface area contributed by atoms with Gasteiger partial charge in [-0.2, -0.15) is 4.98 Å². The molecule has 0 spiro atoms. The van der Waals surface area contributed by atoms with Crippen molar-refractivity contribution in [2.24, 2.45) is 0 Å². The molecule has 1 aromatic heterocycles. The van der Waals surface area contributed by atoms with Crippen molar-refractivity contribution in [2.45, 2.75) is 6.54 Å². The molecule has 2 heterocycles. The zero-order chi connectivity index (χ0) is 20.3. The summed E-state index contributed by atoms with van der Waals surface area (Å²) in [4.78, 5) is 21.3. The number of amides is 1. The largest absolute Gasteiger partial charge is 0.336 e. The quantitative estimate of drug-likeness (QED) is 0.523. The van der Waals surface area contributed by atoms with Gasteiger partial charge < -0.3 is 9.42 Å². The summed E-state index contributed by atoms with van der Waals surface area (Å²) in [6.07, 6.45) is 0. The van der Waals surface area contributed by atoms with E-state index in [4.69, 9.17) is 4.52 Å². The number of piperazine rings is 1. The maximum atomic E-state index is 12.6. The lowest BCUT2D eigenvalue weighted by Crippen LogP contribution is -2.48. The van der Waals surface area contributed by atoms with E-state index in [0.717, 1.165) is 29.6 Å². The molecule has 30 heavy (non-hydrogen) atoms. The Labute approximate surface area is 174 Å². The number of carbonyl (C=O) groups excluding carboxylic acids is 1. The maximum Gasteiger partial charge on any atom is 0.257 e. The second kappa shape index (κ2) is 8.08. The van der Waals surface area contributed by atoms with Crippen LogP contribution in [0.3, 0.4) is 0 Å². The van der Waals surface area contributed by atoms with E-state index in [1.807, 2.05) is 53.4 Å². The molecule has 0 atom stereocenters.